The van der Waals surface area contributed by atoms with Crippen molar-refractivity contribution in [3.63, 3.8) is 0 Å². The zero-order valence-electron chi connectivity index (χ0n) is 11.4. The summed E-state index contributed by atoms with van der Waals surface area (Å²) in [5.74, 6) is 1.37. The maximum Gasteiger partial charge on any atom is 0.277 e. The molecule has 0 aliphatic rings. The highest BCUT2D eigenvalue weighted by atomic mass is 79.9. The van der Waals surface area contributed by atoms with Gasteiger partial charge in [-0.2, -0.15) is 0 Å². The van der Waals surface area contributed by atoms with Crippen molar-refractivity contribution in [2.45, 2.75) is 17.9 Å². The molecule has 1 aromatic heterocycles. The van der Waals surface area contributed by atoms with Crippen LogP contribution in [0.15, 0.2) is 62.6 Å². The van der Waals surface area contributed by atoms with E-state index in [0.29, 0.717) is 11.1 Å². The second kappa shape index (κ2) is 6.45. The van der Waals surface area contributed by atoms with Crippen LogP contribution in [0.5, 0.6) is 0 Å². The standard InChI is InChI=1S/C16H13BrN2OS/c1-11-4-2-6-13(8-11)15-18-19-16(20-15)21-10-12-5-3-7-14(17)9-12/h2-9H,10H2,1H3. The SMILES string of the molecule is Cc1cccc(-c2nnc(SCc3cccc(Br)c3)o2)c1. The van der Waals surface area contributed by atoms with E-state index in [2.05, 4.69) is 38.3 Å². The Balaban J connectivity index is 1.71. The molecule has 0 saturated carbocycles. The van der Waals surface area contributed by atoms with Crippen LogP contribution in [0.3, 0.4) is 0 Å². The molecule has 2 aromatic carbocycles. The van der Waals surface area contributed by atoms with E-state index in [1.165, 1.54) is 11.1 Å². The molecule has 0 bridgehead atoms. The number of hydrogen-bond acceptors (Lipinski definition) is 4. The van der Waals surface area contributed by atoms with Crippen LogP contribution in [-0.4, -0.2) is 10.2 Å². The summed E-state index contributed by atoms with van der Waals surface area (Å²) < 4.78 is 6.78. The number of rotatable bonds is 4. The lowest BCUT2D eigenvalue weighted by molar-refractivity contribution is 0.466. The van der Waals surface area contributed by atoms with Crippen molar-refractivity contribution >= 4 is 27.7 Å². The molecule has 0 fully saturated rings. The van der Waals surface area contributed by atoms with Gasteiger partial charge < -0.3 is 4.42 Å². The van der Waals surface area contributed by atoms with E-state index in [0.717, 1.165) is 15.8 Å². The molecular formula is C16H13BrN2OS. The Kier molecular flexibility index (Phi) is 4.41. The van der Waals surface area contributed by atoms with Gasteiger partial charge in [0.1, 0.15) is 0 Å². The van der Waals surface area contributed by atoms with Gasteiger partial charge in [-0.25, -0.2) is 0 Å². The van der Waals surface area contributed by atoms with E-state index in [9.17, 15) is 0 Å². The van der Waals surface area contributed by atoms with E-state index in [1.54, 1.807) is 11.8 Å². The van der Waals surface area contributed by atoms with Crippen molar-refractivity contribution in [1.82, 2.24) is 10.2 Å². The first-order valence-corrected chi connectivity index (χ1v) is 8.26. The molecule has 0 aliphatic heterocycles. The average molecular weight is 361 g/mol. The van der Waals surface area contributed by atoms with E-state index >= 15 is 0 Å². The van der Waals surface area contributed by atoms with Crippen molar-refractivity contribution in [2.75, 3.05) is 0 Å². The lowest BCUT2D eigenvalue weighted by Gasteiger charge is -1.99. The Hall–Kier alpha value is -1.59. The van der Waals surface area contributed by atoms with Crippen molar-refractivity contribution in [1.29, 1.82) is 0 Å². The number of aryl methyl sites for hydroxylation is 1. The lowest BCUT2D eigenvalue weighted by Crippen LogP contribution is -1.80. The van der Waals surface area contributed by atoms with Gasteiger partial charge in [0, 0.05) is 15.8 Å². The summed E-state index contributed by atoms with van der Waals surface area (Å²) in [7, 11) is 0. The Morgan fingerprint density at radius 3 is 2.76 bits per heavy atom. The largest absolute Gasteiger partial charge is 0.411 e. The molecule has 0 spiro atoms. The summed E-state index contributed by atoms with van der Waals surface area (Å²) in [6, 6.07) is 16.2. The second-order valence-corrected chi connectivity index (χ2v) is 6.50. The molecule has 0 amide bonds. The first-order valence-electron chi connectivity index (χ1n) is 6.48. The minimum Gasteiger partial charge on any atom is -0.411 e. The zero-order valence-corrected chi connectivity index (χ0v) is 13.8. The lowest BCUT2D eigenvalue weighted by atomic mass is 10.1. The Bertz CT molecular complexity index is 757. The van der Waals surface area contributed by atoms with Crippen molar-refractivity contribution in [3.05, 3.63) is 64.1 Å². The molecule has 3 nitrogen and oxygen atoms in total. The zero-order chi connectivity index (χ0) is 14.7. The first kappa shape index (κ1) is 14.4. The molecule has 1 heterocycles. The molecule has 106 valence electrons. The maximum atomic E-state index is 5.71. The van der Waals surface area contributed by atoms with Crippen LogP contribution in [0.4, 0.5) is 0 Å². The van der Waals surface area contributed by atoms with Gasteiger partial charge in [0.2, 0.25) is 5.89 Å². The summed E-state index contributed by atoms with van der Waals surface area (Å²) >= 11 is 5.01. The normalized spacial score (nSPS) is 10.8. The summed E-state index contributed by atoms with van der Waals surface area (Å²) in [4.78, 5) is 0. The van der Waals surface area contributed by atoms with Crippen LogP contribution >= 0.6 is 27.7 Å². The van der Waals surface area contributed by atoms with Gasteiger partial charge in [-0.15, -0.1) is 10.2 Å². The Morgan fingerprint density at radius 2 is 1.95 bits per heavy atom. The second-order valence-electron chi connectivity index (χ2n) is 4.66. The maximum absolute atomic E-state index is 5.71. The van der Waals surface area contributed by atoms with E-state index in [1.807, 2.05) is 43.3 Å². The number of aromatic nitrogens is 2. The van der Waals surface area contributed by atoms with Gasteiger partial charge in [-0.05, 0) is 36.8 Å². The number of nitrogens with zero attached hydrogens (tertiary/aromatic N) is 2. The van der Waals surface area contributed by atoms with Crippen LogP contribution in [-0.2, 0) is 5.75 Å². The molecule has 3 rings (SSSR count). The highest BCUT2D eigenvalue weighted by Crippen LogP contribution is 2.26. The molecule has 21 heavy (non-hydrogen) atoms. The molecule has 0 N–H and O–H groups in total. The predicted octanol–water partition coefficient (Wildman–Crippen LogP) is 5.10. The van der Waals surface area contributed by atoms with Gasteiger partial charge in [-0.1, -0.05) is 57.5 Å². The fraction of sp³-hybridized carbons (Fsp3) is 0.125. The number of halogens is 1. The minimum atomic E-state index is 0.565. The van der Waals surface area contributed by atoms with E-state index in [-0.39, 0.29) is 0 Å². The fourth-order valence-electron chi connectivity index (χ4n) is 1.93. The quantitative estimate of drug-likeness (QED) is 0.606. The van der Waals surface area contributed by atoms with Crippen LogP contribution in [0.1, 0.15) is 11.1 Å². The molecule has 0 radical (unpaired) electrons. The van der Waals surface area contributed by atoms with Crippen LogP contribution in [0.2, 0.25) is 0 Å². The van der Waals surface area contributed by atoms with Crippen LogP contribution in [0.25, 0.3) is 11.5 Å². The van der Waals surface area contributed by atoms with Crippen LogP contribution in [0, 0.1) is 6.92 Å². The topological polar surface area (TPSA) is 38.9 Å². The van der Waals surface area contributed by atoms with Gasteiger partial charge in [0.05, 0.1) is 0 Å². The third kappa shape index (κ3) is 3.74. The predicted molar refractivity (Wildman–Crippen MR) is 88.2 cm³/mol. The molecule has 5 heteroatoms. The minimum absolute atomic E-state index is 0.565. The molecule has 0 aliphatic carbocycles. The summed E-state index contributed by atoms with van der Waals surface area (Å²) in [5.41, 5.74) is 3.34. The fourth-order valence-corrected chi connectivity index (χ4v) is 3.09. The van der Waals surface area contributed by atoms with Gasteiger partial charge >= 0.3 is 0 Å². The molecule has 0 unspecified atom stereocenters. The van der Waals surface area contributed by atoms with Crippen molar-refractivity contribution in [2.24, 2.45) is 0 Å². The average Bonchev–Trinajstić information content (AvgIpc) is 2.94. The number of thioether (sulfide) groups is 1. The summed E-state index contributed by atoms with van der Waals surface area (Å²) in [5, 5.41) is 8.79. The van der Waals surface area contributed by atoms with E-state index < -0.39 is 0 Å². The van der Waals surface area contributed by atoms with Crippen molar-refractivity contribution < 1.29 is 4.42 Å². The Labute approximate surface area is 135 Å². The molecule has 3 aromatic rings. The van der Waals surface area contributed by atoms with Gasteiger partial charge in [-0.3, -0.25) is 0 Å². The van der Waals surface area contributed by atoms with E-state index in [4.69, 9.17) is 4.42 Å². The first-order chi connectivity index (χ1) is 10.2. The van der Waals surface area contributed by atoms with Crippen molar-refractivity contribution in [3.8, 4) is 11.5 Å². The number of benzene rings is 2. The van der Waals surface area contributed by atoms with Gasteiger partial charge in [0.25, 0.3) is 5.22 Å². The van der Waals surface area contributed by atoms with Crippen LogP contribution < -0.4 is 0 Å². The molecule has 0 saturated heterocycles. The number of hydrogen-bond donors (Lipinski definition) is 0. The highest BCUT2D eigenvalue weighted by molar-refractivity contribution is 9.10. The Morgan fingerprint density at radius 1 is 1.10 bits per heavy atom. The van der Waals surface area contributed by atoms with Gasteiger partial charge in [0.15, 0.2) is 0 Å². The molecular weight excluding hydrogens is 348 g/mol. The third-order valence-electron chi connectivity index (χ3n) is 2.92. The summed E-state index contributed by atoms with van der Waals surface area (Å²) in [6.07, 6.45) is 0. The monoisotopic (exact) mass is 360 g/mol. The molecule has 0 atom stereocenters. The summed E-state index contributed by atoms with van der Waals surface area (Å²) in [6.45, 7) is 2.04. The smallest absolute Gasteiger partial charge is 0.277 e. The highest BCUT2D eigenvalue weighted by Gasteiger charge is 2.09. The third-order valence-corrected chi connectivity index (χ3v) is 4.31.